The Labute approximate surface area is 153 Å². The third kappa shape index (κ3) is 4.43. The van der Waals surface area contributed by atoms with Gasteiger partial charge in [-0.05, 0) is 18.4 Å². The van der Waals surface area contributed by atoms with Crippen LogP contribution in [0.25, 0.3) is 10.8 Å². The average Bonchev–Trinajstić information content (AvgIpc) is 2.58. The van der Waals surface area contributed by atoms with Crippen LogP contribution in [0, 0.1) is 5.41 Å². The number of ether oxygens (including phenoxy) is 3. The van der Waals surface area contributed by atoms with Crippen molar-refractivity contribution in [2.45, 2.75) is 34.2 Å². The first-order valence-electron chi connectivity index (χ1n) is 8.74. The van der Waals surface area contributed by atoms with E-state index in [0.29, 0.717) is 29.7 Å². The molecule has 1 aromatic carbocycles. The van der Waals surface area contributed by atoms with Gasteiger partial charge in [-0.25, -0.2) is 4.79 Å². The van der Waals surface area contributed by atoms with E-state index in [4.69, 9.17) is 14.2 Å². The van der Waals surface area contributed by atoms with Gasteiger partial charge in [0.05, 0.1) is 18.6 Å². The van der Waals surface area contributed by atoms with Crippen LogP contribution in [0.15, 0.2) is 29.1 Å². The van der Waals surface area contributed by atoms with Gasteiger partial charge in [-0.2, -0.15) is 0 Å². The van der Waals surface area contributed by atoms with Crippen LogP contribution in [-0.2, 0) is 16.0 Å². The Balaban J connectivity index is 2.79. The summed E-state index contributed by atoms with van der Waals surface area (Å²) < 4.78 is 17.6. The van der Waals surface area contributed by atoms with Gasteiger partial charge in [0, 0.05) is 19.0 Å². The van der Waals surface area contributed by atoms with Gasteiger partial charge < -0.3 is 14.2 Å². The van der Waals surface area contributed by atoms with Crippen molar-refractivity contribution in [1.82, 2.24) is 4.57 Å². The molecule has 6 nitrogen and oxygen atoms in total. The molecule has 0 amide bonds. The molecule has 0 fully saturated rings. The number of nitrogens with zero attached hydrogens (tertiary/aromatic N) is 1. The fraction of sp³-hybridized carbons (Fsp3) is 0.500. The monoisotopic (exact) mass is 361 g/mol. The van der Waals surface area contributed by atoms with Gasteiger partial charge in [-0.1, -0.05) is 39.0 Å². The Morgan fingerprint density at radius 3 is 2.35 bits per heavy atom. The van der Waals surface area contributed by atoms with Gasteiger partial charge in [-0.15, -0.1) is 0 Å². The van der Waals surface area contributed by atoms with Crippen molar-refractivity contribution in [3.63, 3.8) is 0 Å². The number of methoxy groups -OCH3 is 1. The molecule has 0 aliphatic carbocycles. The molecule has 0 saturated carbocycles. The van der Waals surface area contributed by atoms with Gasteiger partial charge in [0.25, 0.3) is 5.56 Å². The maximum atomic E-state index is 13.1. The van der Waals surface area contributed by atoms with Crippen molar-refractivity contribution < 1.29 is 19.0 Å². The Kier molecular flexibility index (Phi) is 6.42. The van der Waals surface area contributed by atoms with Crippen molar-refractivity contribution in [3.05, 3.63) is 40.3 Å². The number of carbonyl (C=O) groups is 1. The topological polar surface area (TPSA) is 66.8 Å². The summed E-state index contributed by atoms with van der Waals surface area (Å²) in [5, 5.41) is 1.11. The van der Waals surface area contributed by atoms with Crippen LogP contribution in [0.1, 0.15) is 38.2 Å². The van der Waals surface area contributed by atoms with Crippen molar-refractivity contribution in [2.24, 2.45) is 5.41 Å². The maximum absolute atomic E-state index is 13.1. The van der Waals surface area contributed by atoms with E-state index in [1.807, 2.05) is 26.8 Å². The van der Waals surface area contributed by atoms with Gasteiger partial charge in [0.2, 0.25) is 0 Å². The lowest BCUT2D eigenvalue weighted by Gasteiger charge is -2.24. The van der Waals surface area contributed by atoms with Gasteiger partial charge in [0.1, 0.15) is 6.61 Å². The lowest BCUT2D eigenvalue weighted by Crippen LogP contribution is -2.32. The summed E-state index contributed by atoms with van der Waals surface area (Å²) in [6.45, 7) is 8.98. The third-order valence-corrected chi connectivity index (χ3v) is 3.77. The summed E-state index contributed by atoms with van der Waals surface area (Å²) in [4.78, 5) is 25.8. The van der Waals surface area contributed by atoms with Crippen LogP contribution in [0.2, 0.25) is 0 Å². The second kappa shape index (κ2) is 8.36. The molecular formula is C20H27NO5. The number of hydrogen-bond acceptors (Lipinski definition) is 5. The highest BCUT2D eigenvalue weighted by Crippen LogP contribution is 2.30. The summed E-state index contributed by atoms with van der Waals surface area (Å²) in [7, 11) is 1.58. The molecule has 0 unspecified atom stereocenters. The minimum absolute atomic E-state index is 0.154. The van der Waals surface area contributed by atoms with Crippen LogP contribution < -0.4 is 10.3 Å². The van der Waals surface area contributed by atoms with E-state index < -0.39 is 5.97 Å². The number of aromatic nitrogens is 1. The molecule has 2 rings (SSSR count). The molecule has 0 spiro atoms. The largest absolute Gasteiger partial charge is 0.488 e. The predicted molar refractivity (Wildman–Crippen MR) is 101 cm³/mol. The Bertz CT molecular complexity index is 832. The first kappa shape index (κ1) is 20.0. The summed E-state index contributed by atoms with van der Waals surface area (Å²) in [5.41, 5.74) is -0.281. The number of carbonyl (C=O) groups excluding carboxylic acids is 1. The smallest absolute Gasteiger partial charge is 0.358 e. The number of fused-ring (bicyclic) bond motifs is 1. The summed E-state index contributed by atoms with van der Waals surface area (Å²) in [5.74, 6) is -0.202. The van der Waals surface area contributed by atoms with Crippen LogP contribution in [0.3, 0.4) is 0 Å². The van der Waals surface area contributed by atoms with Crippen molar-refractivity contribution in [3.8, 4) is 5.75 Å². The summed E-state index contributed by atoms with van der Waals surface area (Å²) >= 11 is 0. The highest BCUT2D eigenvalue weighted by atomic mass is 16.5. The van der Waals surface area contributed by atoms with Crippen LogP contribution in [0.5, 0.6) is 5.75 Å². The Morgan fingerprint density at radius 1 is 1.12 bits per heavy atom. The molecule has 0 bridgehead atoms. The Hall–Kier alpha value is -2.34. The normalized spacial score (nSPS) is 11.6. The molecule has 142 valence electrons. The lowest BCUT2D eigenvalue weighted by atomic mass is 9.96. The van der Waals surface area contributed by atoms with Gasteiger partial charge in [-0.3, -0.25) is 9.36 Å². The van der Waals surface area contributed by atoms with E-state index in [9.17, 15) is 9.59 Å². The van der Waals surface area contributed by atoms with E-state index in [1.165, 1.54) is 4.57 Å². The molecule has 1 aromatic heterocycles. The predicted octanol–water partition coefficient (Wildman–Crippen LogP) is 3.25. The van der Waals surface area contributed by atoms with Crippen LogP contribution in [-0.4, -0.2) is 37.5 Å². The molecule has 0 atom stereocenters. The fourth-order valence-corrected chi connectivity index (χ4v) is 2.77. The first-order valence-corrected chi connectivity index (χ1v) is 8.74. The minimum atomic E-state index is -0.563. The zero-order chi connectivity index (χ0) is 19.3. The molecule has 0 N–H and O–H groups in total. The van der Waals surface area contributed by atoms with Gasteiger partial charge in [0.15, 0.2) is 11.4 Å². The molecule has 26 heavy (non-hydrogen) atoms. The number of esters is 1. The summed E-state index contributed by atoms with van der Waals surface area (Å²) in [6, 6.07) is 7.14. The SMILES string of the molecule is CCOC(=O)c1c(OCCOC)c2ccccc2c(=O)n1CC(C)(C)C. The number of benzene rings is 1. The zero-order valence-electron chi connectivity index (χ0n) is 16.1. The van der Waals surface area contributed by atoms with E-state index >= 15 is 0 Å². The summed E-state index contributed by atoms with van der Waals surface area (Å²) in [6.07, 6.45) is 0. The quantitative estimate of drug-likeness (QED) is 0.559. The van der Waals surface area contributed by atoms with E-state index in [-0.39, 0.29) is 29.9 Å². The fourth-order valence-electron chi connectivity index (χ4n) is 2.77. The number of rotatable bonds is 7. The molecule has 0 aliphatic rings. The van der Waals surface area contributed by atoms with Crippen molar-refractivity contribution >= 4 is 16.7 Å². The highest BCUT2D eigenvalue weighted by molar-refractivity contribution is 5.99. The number of pyridine rings is 1. The Morgan fingerprint density at radius 2 is 1.77 bits per heavy atom. The molecule has 1 heterocycles. The third-order valence-electron chi connectivity index (χ3n) is 3.77. The average molecular weight is 361 g/mol. The van der Waals surface area contributed by atoms with Crippen molar-refractivity contribution in [2.75, 3.05) is 26.9 Å². The standard InChI is InChI=1S/C20H27NO5/c1-6-25-19(23)16-17(26-12-11-24-5)14-9-7-8-10-15(14)18(22)21(16)13-20(2,3)4/h7-10H,6,11-13H2,1-5H3. The number of hydrogen-bond donors (Lipinski definition) is 0. The molecular weight excluding hydrogens is 334 g/mol. The van der Waals surface area contributed by atoms with E-state index in [0.717, 1.165) is 0 Å². The lowest BCUT2D eigenvalue weighted by molar-refractivity contribution is 0.0502. The molecule has 0 radical (unpaired) electrons. The molecule has 6 heteroatoms. The first-order chi connectivity index (χ1) is 12.3. The molecule has 0 aliphatic heterocycles. The van der Waals surface area contributed by atoms with E-state index in [2.05, 4.69) is 0 Å². The second-order valence-corrected chi connectivity index (χ2v) is 7.24. The van der Waals surface area contributed by atoms with Gasteiger partial charge >= 0.3 is 5.97 Å². The van der Waals surface area contributed by atoms with Crippen LogP contribution in [0.4, 0.5) is 0 Å². The highest BCUT2D eigenvalue weighted by Gasteiger charge is 2.27. The molecule has 0 saturated heterocycles. The van der Waals surface area contributed by atoms with E-state index in [1.54, 1.807) is 32.2 Å². The molecule has 2 aromatic rings. The second-order valence-electron chi connectivity index (χ2n) is 7.24. The maximum Gasteiger partial charge on any atom is 0.358 e. The minimum Gasteiger partial charge on any atom is -0.488 e. The zero-order valence-corrected chi connectivity index (χ0v) is 16.1. The van der Waals surface area contributed by atoms with Crippen molar-refractivity contribution in [1.29, 1.82) is 0 Å². The van der Waals surface area contributed by atoms with Crippen LogP contribution >= 0.6 is 0 Å².